The normalized spacial score (nSPS) is 12.3. The third-order valence-electron chi connectivity index (χ3n) is 5.15. The SMILES string of the molecule is O=C(Nc1ccc2cc1CCc1cccc(c1)Nc1ncc(Cl)c(n1)N2)c1cccnc1. The van der Waals surface area contributed by atoms with E-state index in [0.717, 1.165) is 41.0 Å². The van der Waals surface area contributed by atoms with Crippen LogP contribution in [-0.2, 0) is 12.8 Å². The number of rotatable bonds is 2. The smallest absolute Gasteiger partial charge is 0.257 e. The quantitative estimate of drug-likeness (QED) is 0.387. The summed E-state index contributed by atoms with van der Waals surface area (Å²) in [7, 11) is 0. The van der Waals surface area contributed by atoms with Gasteiger partial charge in [0.1, 0.15) is 5.02 Å². The molecule has 8 heteroatoms. The van der Waals surface area contributed by atoms with Gasteiger partial charge in [0, 0.05) is 29.5 Å². The molecule has 3 heterocycles. The van der Waals surface area contributed by atoms with Gasteiger partial charge in [0.05, 0.1) is 11.8 Å². The first-order chi connectivity index (χ1) is 15.6. The highest BCUT2D eigenvalue weighted by atomic mass is 35.5. The zero-order valence-corrected chi connectivity index (χ0v) is 17.7. The number of halogens is 1. The molecule has 0 saturated heterocycles. The number of benzene rings is 2. The lowest BCUT2D eigenvalue weighted by Gasteiger charge is -2.14. The summed E-state index contributed by atoms with van der Waals surface area (Å²) >= 11 is 6.32. The topological polar surface area (TPSA) is 91.8 Å². The van der Waals surface area contributed by atoms with E-state index in [1.54, 1.807) is 30.7 Å². The molecule has 0 saturated carbocycles. The van der Waals surface area contributed by atoms with Gasteiger partial charge in [0.15, 0.2) is 5.82 Å². The molecule has 2 aromatic heterocycles. The standard InChI is InChI=1S/C24H19ClN6O/c25-20-14-27-24-29-18-5-1-3-15(11-18)6-7-16-12-19(28-22(20)31-24)8-9-21(16)30-23(32)17-4-2-10-26-13-17/h1-5,8-14H,6-7H2,(H,30,32)(H2,27,28,29,31). The van der Waals surface area contributed by atoms with Crippen LogP contribution in [0.4, 0.5) is 28.8 Å². The largest absolute Gasteiger partial charge is 0.339 e. The van der Waals surface area contributed by atoms with Crippen molar-refractivity contribution < 1.29 is 4.79 Å². The molecule has 0 fully saturated rings. The van der Waals surface area contributed by atoms with E-state index in [1.807, 2.05) is 30.3 Å². The maximum Gasteiger partial charge on any atom is 0.257 e. The first-order valence-electron chi connectivity index (χ1n) is 10.1. The molecule has 0 spiro atoms. The predicted molar refractivity (Wildman–Crippen MR) is 126 cm³/mol. The van der Waals surface area contributed by atoms with Crippen molar-refractivity contribution in [3.05, 3.63) is 94.9 Å². The fourth-order valence-electron chi connectivity index (χ4n) is 3.56. The van der Waals surface area contributed by atoms with Crippen molar-refractivity contribution in [1.29, 1.82) is 0 Å². The lowest BCUT2D eigenvalue weighted by molar-refractivity contribution is 0.102. The van der Waals surface area contributed by atoms with E-state index in [2.05, 4.69) is 43.0 Å². The summed E-state index contributed by atoms with van der Waals surface area (Å²) in [5, 5.41) is 9.92. The van der Waals surface area contributed by atoms with Crippen LogP contribution in [0.15, 0.2) is 73.2 Å². The molecule has 7 nitrogen and oxygen atoms in total. The third kappa shape index (κ3) is 4.38. The molecule has 6 bridgehead atoms. The van der Waals surface area contributed by atoms with Crippen molar-refractivity contribution in [3.63, 3.8) is 0 Å². The third-order valence-corrected chi connectivity index (χ3v) is 5.43. The van der Waals surface area contributed by atoms with Crippen LogP contribution < -0.4 is 16.0 Å². The van der Waals surface area contributed by atoms with Gasteiger partial charge in [-0.05, 0) is 66.4 Å². The molecular formula is C24H19ClN6O. The first kappa shape index (κ1) is 20.0. The number of carbonyl (C=O) groups excluding carboxylic acids is 1. The van der Waals surface area contributed by atoms with Gasteiger partial charge in [-0.3, -0.25) is 9.78 Å². The monoisotopic (exact) mass is 442 g/mol. The molecule has 3 N–H and O–H groups in total. The molecular weight excluding hydrogens is 424 g/mol. The number of hydrogen-bond donors (Lipinski definition) is 3. The summed E-state index contributed by atoms with van der Waals surface area (Å²) < 4.78 is 0. The minimum atomic E-state index is -0.201. The number of aromatic nitrogens is 3. The van der Waals surface area contributed by atoms with Crippen LogP contribution in [0.25, 0.3) is 0 Å². The molecule has 0 atom stereocenters. The Labute approximate surface area is 189 Å². The highest BCUT2D eigenvalue weighted by molar-refractivity contribution is 6.32. The lowest BCUT2D eigenvalue weighted by Crippen LogP contribution is -2.14. The number of fused-ring (bicyclic) bond motifs is 6. The van der Waals surface area contributed by atoms with Crippen LogP contribution in [0.2, 0.25) is 5.02 Å². The van der Waals surface area contributed by atoms with E-state index in [0.29, 0.717) is 22.4 Å². The predicted octanol–water partition coefficient (Wildman–Crippen LogP) is 5.36. The zero-order valence-electron chi connectivity index (χ0n) is 17.0. The van der Waals surface area contributed by atoms with Gasteiger partial charge in [0.2, 0.25) is 5.95 Å². The average molecular weight is 443 g/mol. The summed E-state index contributed by atoms with van der Waals surface area (Å²) in [6.07, 6.45) is 6.29. The molecule has 0 unspecified atom stereocenters. The fraction of sp³-hybridized carbons (Fsp3) is 0.0833. The second-order valence-corrected chi connectivity index (χ2v) is 7.82. The maximum absolute atomic E-state index is 12.7. The second-order valence-electron chi connectivity index (χ2n) is 7.41. The lowest BCUT2D eigenvalue weighted by atomic mass is 10.0. The highest BCUT2D eigenvalue weighted by Gasteiger charge is 2.13. The van der Waals surface area contributed by atoms with Gasteiger partial charge >= 0.3 is 0 Å². The van der Waals surface area contributed by atoms with Crippen LogP contribution in [0, 0.1) is 0 Å². The second kappa shape index (κ2) is 8.64. The number of hydrogen-bond acceptors (Lipinski definition) is 6. The van der Waals surface area contributed by atoms with Crippen molar-refractivity contribution in [2.45, 2.75) is 12.8 Å². The van der Waals surface area contributed by atoms with Crippen LogP contribution in [-0.4, -0.2) is 20.9 Å². The Bertz CT molecular complexity index is 1290. The Morgan fingerprint density at radius 2 is 1.88 bits per heavy atom. The Hall–Kier alpha value is -3.97. The van der Waals surface area contributed by atoms with E-state index < -0.39 is 0 Å². The van der Waals surface area contributed by atoms with Gasteiger partial charge in [-0.25, -0.2) is 4.98 Å². The summed E-state index contributed by atoms with van der Waals surface area (Å²) in [4.78, 5) is 25.5. The van der Waals surface area contributed by atoms with Crippen molar-refractivity contribution >= 4 is 46.3 Å². The number of pyridine rings is 1. The number of nitrogens with one attached hydrogen (secondary N) is 3. The Kier molecular flexibility index (Phi) is 5.39. The average Bonchev–Trinajstić information content (AvgIpc) is 2.82. The van der Waals surface area contributed by atoms with Crippen LogP contribution in [0.1, 0.15) is 21.5 Å². The van der Waals surface area contributed by atoms with E-state index >= 15 is 0 Å². The number of aryl methyl sites for hydroxylation is 2. The molecule has 1 aliphatic rings. The number of carbonyl (C=O) groups is 1. The highest BCUT2D eigenvalue weighted by Crippen LogP contribution is 2.29. The van der Waals surface area contributed by atoms with E-state index in [9.17, 15) is 4.79 Å². The van der Waals surface area contributed by atoms with Crippen molar-refractivity contribution in [3.8, 4) is 0 Å². The number of anilines is 5. The van der Waals surface area contributed by atoms with Gasteiger partial charge < -0.3 is 16.0 Å². The Balaban J connectivity index is 1.53. The molecule has 158 valence electrons. The maximum atomic E-state index is 12.7. The summed E-state index contributed by atoms with van der Waals surface area (Å²) in [5.74, 6) is 0.749. The summed E-state index contributed by atoms with van der Waals surface area (Å²) in [5.41, 5.74) is 5.12. The molecule has 5 rings (SSSR count). The molecule has 0 aliphatic carbocycles. The van der Waals surface area contributed by atoms with Crippen LogP contribution >= 0.6 is 11.6 Å². The molecule has 1 amide bonds. The molecule has 2 aromatic carbocycles. The van der Waals surface area contributed by atoms with Crippen molar-refractivity contribution in [2.24, 2.45) is 0 Å². The van der Waals surface area contributed by atoms with Crippen molar-refractivity contribution in [2.75, 3.05) is 16.0 Å². The van der Waals surface area contributed by atoms with E-state index in [-0.39, 0.29) is 5.91 Å². The minimum absolute atomic E-state index is 0.201. The molecule has 4 aromatic rings. The summed E-state index contributed by atoms with van der Waals surface area (Å²) in [6.45, 7) is 0. The molecule has 32 heavy (non-hydrogen) atoms. The Morgan fingerprint density at radius 1 is 0.969 bits per heavy atom. The van der Waals surface area contributed by atoms with Crippen molar-refractivity contribution in [1.82, 2.24) is 15.0 Å². The number of amides is 1. The zero-order chi connectivity index (χ0) is 21.9. The first-order valence-corrected chi connectivity index (χ1v) is 10.5. The van der Waals surface area contributed by atoms with Gasteiger partial charge in [-0.2, -0.15) is 4.98 Å². The number of nitrogens with zero attached hydrogens (tertiary/aromatic N) is 3. The molecule has 0 radical (unpaired) electrons. The fourth-order valence-corrected chi connectivity index (χ4v) is 3.69. The summed E-state index contributed by atoms with van der Waals surface area (Å²) in [6, 6.07) is 17.4. The van der Waals surface area contributed by atoms with Crippen LogP contribution in [0.5, 0.6) is 0 Å². The van der Waals surface area contributed by atoms with Crippen LogP contribution in [0.3, 0.4) is 0 Å². The Morgan fingerprint density at radius 3 is 2.75 bits per heavy atom. The molecule has 1 aliphatic heterocycles. The van der Waals surface area contributed by atoms with E-state index in [4.69, 9.17) is 11.6 Å². The minimum Gasteiger partial charge on any atom is -0.339 e. The van der Waals surface area contributed by atoms with Gasteiger partial charge in [-0.15, -0.1) is 0 Å². The van der Waals surface area contributed by atoms with Gasteiger partial charge in [0.25, 0.3) is 5.91 Å². The van der Waals surface area contributed by atoms with Gasteiger partial charge in [-0.1, -0.05) is 23.7 Å². The van der Waals surface area contributed by atoms with E-state index in [1.165, 1.54) is 0 Å².